The Kier molecular flexibility index (Phi) is 5.49. The maximum Gasteiger partial charge on any atom is 0.269 e. The van der Waals surface area contributed by atoms with Crippen molar-refractivity contribution in [1.82, 2.24) is 0 Å². The van der Waals surface area contributed by atoms with E-state index in [4.69, 9.17) is 4.40 Å². The maximum absolute atomic E-state index is 10.8. The molecule has 0 aromatic heterocycles. The smallest absolute Gasteiger partial charge is 0.258 e. The summed E-state index contributed by atoms with van der Waals surface area (Å²) in [4.78, 5) is 11.2. The molecule has 0 fully saturated rings. The summed E-state index contributed by atoms with van der Waals surface area (Å²) in [5, 5.41) is 10.8. The Hall–Kier alpha value is -2.92. The molecule has 0 aliphatic carbocycles. The van der Waals surface area contributed by atoms with Gasteiger partial charge in [-0.05, 0) is 26.0 Å². The Morgan fingerprint density at radius 3 is 1.69 bits per heavy atom. The first-order valence-electron chi connectivity index (χ1n) is 8.16. The first-order chi connectivity index (χ1) is 12.5. The van der Waals surface area contributed by atoms with E-state index in [0.717, 1.165) is 21.7 Å². The van der Waals surface area contributed by atoms with Gasteiger partial charge in [0.05, 0.1) is 10.6 Å². The lowest BCUT2D eigenvalue weighted by Crippen LogP contribution is -2.02. The van der Waals surface area contributed by atoms with Crippen molar-refractivity contribution in [2.75, 3.05) is 0 Å². The van der Waals surface area contributed by atoms with Crippen LogP contribution in [-0.2, 0) is 0 Å². The van der Waals surface area contributed by atoms with Crippen LogP contribution < -0.4 is 0 Å². The van der Waals surface area contributed by atoms with E-state index in [0.29, 0.717) is 0 Å². The number of nitro groups is 1. The van der Waals surface area contributed by atoms with E-state index >= 15 is 0 Å². The molecule has 0 atom stereocenters. The number of nitro benzene ring substituents is 1. The molecule has 26 heavy (non-hydrogen) atoms. The number of benzene rings is 3. The van der Waals surface area contributed by atoms with Gasteiger partial charge >= 0.3 is 0 Å². The van der Waals surface area contributed by atoms with Gasteiger partial charge in [-0.15, -0.1) is 0 Å². The summed E-state index contributed by atoms with van der Waals surface area (Å²) in [6.07, 6.45) is 0. The predicted octanol–water partition coefficient (Wildman–Crippen LogP) is 5.76. The lowest BCUT2D eigenvalue weighted by atomic mass is 10.0. The van der Waals surface area contributed by atoms with Gasteiger partial charge in [-0.25, -0.2) is 4.40 Å². The van der Waals surface area contributed by atoms with Gasteiger partial charge in [-0.1, -0.05) is 59.7 Å². The predicted molar refractivity (Wildman–Crippen MR) is 107 cm³/mol. The minimum Gasteiger partial charge on any atom is -0.258 e. The van der Waals surface area contributed by atoms with E-state index in [1.54, 1.807) is 12.1 Å². The highest BCUT2D eigenvalue weighted by atomic mass is 32.2. The largest absolute Gasteiger partial charge is 0.269 e. The molecule has 0 aliphatic heterocycles. The maximum atomic E-state index is 10.8. The summed E-state index contributed by atoms with van der Waals surface area (Å²) in [6, 6.07) is 22.9. The van der Waals surface area contributed by atoms with Gasteiger partial charge in [0.1, 0.15) is 0 Å². The average Bonchev–Trinajstić information content (AvgIpc) is 2.65. The lowest BCUT2D eigenvalue weighted by molar-refractivity contribution is -0.384. The Morgan fingerprint density at radius 1 is 0.808 bits per heavy atom. The fourth-order valence-corrected chi connectivity index (χ4v) is 3.09. The summed E-state index contributed by atoms with van der Waals surface area (Å²) >= 11 is 1.31. The standard InChI is InChI=1S/C21H18N2O2S/c1-15-3-7-17(8-4-15)21(18-9-5-16(2)6-10-18)22-26-20-13-11-19(12-14-20)23(24)25/h3-14H,1-2H3. The summed E-state index contributed by atoms with van der Waals surface area (Å²) in [6.45, 7) is 4.11. The molecule has 0 heterocycles. The molecule has 0 unspecified atom stereocenters. The molecule has 0 amide bonds. The van der Waals surface area contributed by atoms with E-state index in [1.165, 1.54) is 35.2 Å². The van der Waals surface area contributed by atoms with E-state index < -0.39 is 4.92 Å². The van der Waals surface area contributed by atoms with Crippen molar-refractivity contribution in [2.45, 2.75) is 18.7 Å². The molecule has 0 saturated heterocycles. The van der Waals surface area contributed by atoms with Gasteiger partial charge in [0.2, 0.25) is 0 Å². The quantitative estimate of drug-likeness (QED) is 0.251. The highest BCUT2D eigenvalue weighted by Gasteiger charge is 2.09. The number of non-ortho nitro benzene ring substituents is 1. The van der Waals surface area contributed by atoms with Crippen LogP contribution in [-0.4, -0.2) is 10.6 Å². The normalized spacial score (nSPS) is 10.4. The van der Waals surface area contributed by atoms with Gasteiger partial charge in [-0.2, -0.15) is 0 Å². The minimum atomic E-state index is -0.401. The van der Waals surface area contributed by atoms with Gasteiger partial charge in [0.15, 0.2) is 0 Å². The molecule has 0 spiro atoms. The second-order valence-corrected chi connectivity index (χ2v) is 6.85. The molecule has 0 bridgehead atoms. The van der Waals surface area contributed by atoms with Crippen molar-refractivity contribution >= 4 is 23.3 Å². The van der Waals surface area contributed by atoms with Gasteiger partial charge in [-0.3, -0.25) is 10.1 Å². The third-order valence-corrected chi connectivity index (χ3v) is 4.70. The molecule has 5 heteroatoms. The Bertz CT molecular complexity index is 884. The van der Waals surface area contributed by atoms with Crippen LogP contribution in [0.5, 0.6) is 0 Å². The Labute approximate surface area is 156 Å². The van der Waals surface area contributed by atoms with E-state index in [2.05, 4.69) is 62.4 Å². The lowest BCUT2D eigenvalue weighted by Gasteiger charge is -2.08. The topological polar surface area (TPSA) is 55.5 Å². The fraction of sp³-hybridized carbons (Fsp3) is 0.0952. The van der Waals surface area contributed by atoms with Crippen LogP contribution in [0.15, 0.2) is 82.1 Å². The van der Waals surface area contributed by atoms with Crippen molar-refractivity contribution in [1.29, 1.82) is 0 Å². The number of nitrogens with zero attached hydrogens (tertiary/aromatic N) is 2. The number of hydrogen-bond donors (Lipinski definition) is 0. The summed E-state index contributed by atoms with van der Waals surface area (Å²) in [5.41, 5.74) is 5.42. The van der Waals surface area contributed by atoms with Crippen molar-refractivity contribution in [3.63, 3.8) is 0 Å². The SMILES string of the molecule is Cc1ccc(C(=NSc2ccc([N+](=O)[O-])cc2)c2ccc(C)cc2)cc1. The molecule has 130 valence electrons. The fourth-order valence-electron chi connectivity index (χ4n) is 2.42. The van der Waals surface area contributed by atoms with E-state index in [-0.39, 0.29) is 5.69 Å². The van der Waals surface area contributed by atoms with Crippen LogP contribution >= 0.6 is 11.9 Å². The Morgan fingerprint density at radius 2 is 1.27 bits per heavy atom. The zero-order chi connectivity index (χ0) is 18.5. The molecule has 0 aliphatic rings. The van der Waals surface area contributed by atoms with Gasteiger partial charge in [0, 0.05) is 40.1 Å². The van der Waals surface area contributed by atoms with E-state index in [9.17, 15) is 10.1 Å². The first-order valence-corrected chi connectivity index (χ1v) is 8.94. The molecule has 3 aromatic carbocycles. The van der Waals surface area contributed by atoms with Crippen LogP contribution in [0, 0.1) is 24.0 Å². The summed E-state index contributed by atoms with van der Waals surface area (Å²) in [5.74, 6) is 0. The summed E-state index contributed by atoms with van der Waals surface area (Å²) in [7, 11) is 0. The number of aryl methyl sites for hydroxylation is 2. The minimum absolute atomic E-state index is 0.0793. The van der Waals surface area contributed by atoms with Crippen LogP contribution in [0.1, 0.15) is 22.3 Å². The third-order valence-electron chi connectivity index (χ3n) is 3.94. The molecule has 0 radical (unpaired) electrons. The van der Waals surface area contributed by atoms with Crippen LogP contribution in [0.4, 0.5) is 5.69 Å². The third kappa shape index (κ3) is 4.37. The van der Waals surface area contributed by atoms with Crippen molar-refractivity contribution in [2.24, 2.45) is 4.40 Å². The highest BCUT2D eigenvalue weighted by molar-refractivity contribution is 7.98. The van der Waals surface area contributed by atoms with Gasteiger partial charge < -0.3 is 0 Å². The van der Waals surface area contributed by atoms with Gasteiger partial charge in [0.25, 0.3) is 5.69 Å². The number of hydrogen-bond acceptors (Lipinski definition) is 4. The molecule has 3 rings (SSSR count). The molecule has 0 saturated carbocycles. The van der Waals surface area contributed by atoms with Crippen molar-refractivity contribution in [3.8, 4) is 0 Å². The zero-order valence-electron chi connectivity index (χ0n) is 14.5. The highest BCUT2D eigenvalue weighted by Crippen LogP contribution is 2.25. The van der Waals surface area contributed by atoms with E-state index in [1.807, 2.05) is 0 Å². The monoisotopic (exact) mass is 362 g/mol. The van der Waals surface area contributed by atoms with Crippen molar-refractivity contribution in [3.05, 3.63) is 105 Å². The average molecular weight is 362 g/mol. The second-order valence-electron chi connectivity index (χ2n) is 6.01. The molecular formula is C21H18N2O2S. The van der Waals surface area contributed by atoms with Crippen LogP contribution in [0.25, 0.3) is 0 Å². The Balaban J connectivity index is 1.94. The van der Waals surface area contributed by atoms with Crippen molar-refractivity contribution < 1.29 is 4.92 Å². The molecule has 0 N–H and O–H groups in total. The molecule has 3 aromatic rings. The van der Waals surface area contributed by atoms with Crippen LogP contribution in [0.3, 0.4) is 0 Å². The molecule has 4 nitrogen and oxygen atoms in total. The van der Waals surface area contributed by atoms with Crippen LogP contribution in [0.2, 0.25) is 0 Å². The molecular weight excluding hydrogens is 344 g/mol. The summed E-state index contributed by atoms with van der Waals surface area (Å²) < 4.78 is 4.73. The number of rotatable bonds is 5. The first kappa shape index (κ1) is 17.9. The zero-order valence-corrected chi connectivity index (χ0v) is 15.4. The second kappa shape index (κ2) is 7.97.